The quantitative estimate of drug-likeness (QED) is 0.906. The van der Waals surface area contributed by atoms with Crippen molar-refractivity contribution in [2.24, 2.45) is 5.92 Å². The van der Waals surface area contributed by atoms with Crippen LogP contribution in [-0.4, -0.2) is 50.1 Å². The molecule has 1 aliphatic rings. The highest BCUT2D eigenvalue weighted by atomic mass is 19.1. The predicted octanol–water partition coefficient (Wildman–Crippen LogP) is 1.25. The highest BCUT2D eigenvalue weighted by molar-refractivity contribution is 5.92. The highest BCUT2D eigenvalue weighted by Gasteiger charge is 2.29. The van der Waals surface area contributed by atoms with Crippen molar-refractivity contribution >= 4 is 5.91 Å². The number of nitrogens with zero attached hydrogens (tertiary/aromatic N) is 4. The number of aromatic nitrogens is 3. The van der Waals surface area contributed by atoms with Crippen molar-refractivity contribution < 1.29 is 14.3 Å². The molecule has 116 valence electrons. The summed E-state index contributed by atoms with van der Waals surface area (Å²) < 4.78 is 14.3. The van der Waals surface area contributed by atoms with Crippen molar-refractivity contribution in [1.29, 1.82) is 0 Å². The Hall–Kier alpha value is -2.28. The average molecular weight is 304 g/mol. The molecule has 6 nitrogen and oxygen atoms in total. The molecule has 0 spiro atoms. The van der Waals surface area contributed by atoms with Crippen molar-refractivity contribution in [2.45, 2.75) is 19.4 Å². The van der Waals surface area contributed by atoms with Crippen LogP contribution in [0.1, 0.15) is 23.8 Å². The van der Waals surface area contributed by atoms with E-state index in [0.717, 1.165) is 6.42 Å². The summed E-state index contributed by atoms with van der Waals surface area (Å²) >= 11 is 0. The van der Waals surface area contributed by atoms with Gasteiger partial charge >= 0.3 is 0 Å². The van der Waals surface area contributed by atoms with Crippen molar-refractivity contribution in [3.8, 4) is 5.69 Å². The third-order valence-corrected chi connectivity index (χ3v) is 4.01. The number of aliphatic hydroxyl groups is 1. The zero-order valence-electron chi connectivity index (χ0n) is 12.2. The summed E-state index contributed by atoms with van der Waals surface area (Å²) in [5.74, 6) is -0.394. The Morgan fingerprint density at radius 3 is 2.77 bits per heavy atom. The van der Waals surface area contributed by atoms with Crippen LogP contribution in [0.3, 0.4) is 0 Å². The Labute approximate surface area is 127 Å². The SMILES string of the molecule is CC1CCN(C(=O)c2cn(-c3ccc(F)cc3)nn2)CC1O. The van der Waals surface area contributed by atoms with Gasteiger partial charge in [0.05, 0.1) is 18.0 Å². The fraction of sp³-hybridized carbons (Fsp3) is 0.400. The number of likely N-dealkylation sites (tertiary alicyclic amines) is 1. The topological polar surface area (TPSA) is 71.2 Å². The predicted molar refractivity (Wildman–Crippen MR) is 77.0 cm³/mol. The van der Waals surface area contributed by atoms with Crippen LogP contribution < -0.4 is 0 Å². The minimum atomic E-state index is -0.509. The van der Waals surface area contributed by atoms with Crippen LogP contribution in [0.15, 0.2) is 30.5 Å². The molecule has 2 unspecified atom stereocenters. The minimum absolute atomic E-state index is 0.193. The molecule has 1 fully saturated rings. The van der Waals surface area contributed by atoms with Gasteiger partial charge in [0.1, 0.15) is 5.82 Å². The molecule has 1 aromatic heterocycles. The maximum atomic E-state index is 12.9. The number of benzene rings is 1. The van der Waals surface area contributed by atoms with Gasteiger partial charge < -0.3 is 10.0 Å². The maximum Gasteiger partial charge on any atom is 0.276 e. The average Bonchev–Trinajstić information content (AvgIpc) is 3.00. The molecule has 2 heterocycles. The van der Waals surface area contributed by atoms with Crippen molar-refractivity contribution in [3.05, 3.63) is 42.0 Å². The molecular weight excluding hydrogens is 287 g/mol. The van der Waals surface area contributed by atoms with Crippen LogP contribution >= 0.6 is 0 Å². The first-order chi connectivity index (χ1) is 10.5. The number of amides is 1. The number of aliphatic hydroxyl groups excluding tert-OH is 1. The molecule has 2 aromatic rings. The fourth-order valence-electron chi connectivity index (χ4n) is 2.48. The molecule has 0 saturated carbocycles. The lowest BCUT2D eigenvalue weighted by Crippen LogP contribution is -2.45. The van der Waals surface area contributed by atoms with Gasteiger partial charge in [-0.15, -0.1) is 5.10 Å². The first kappa shape index (κ1) is 14.6. The molecule has 22 heavy (non-hydrogen) atoms. The van der Waals surface area contributed by atoms with Gasteiger partial charge in [-0.2, -0.15) is 0 Å². The molecule has 0 aliphatic carbocycles. The molecule has 1 saturated heterocycles. The number of β-amino-alcohol motifs (C(OH)–C–C–N with tert-alkyl or cyclic N) is 1. The second-order valence-corrected chi connectivity index (χ2v) is 5.61. The van der Waals surface area contributed by atoms with Gasteiger partial charge in [0, 0.05) is 13.1 Å². The molecule has 1 aromatic carbocycles. The third kappa shape index (κ3) is 2.85. The van der Waals surface area contributed by atoms with Gasteiger partial charge in [-0.25, -0.2) is 9.07 Å². The normalized spacial score (nSPS) is 21.9. The Balaban J connectivity index is 1.76. The van der Waals surface area contributed by atoms with E-state index in [1.807, 2.05) is 6.92 Å². The van der Waals surface area contributed by atoms with Gasteiger partial charge in [-0.3, -0.25) is 4.79 Å². The lowest BCUT2D eigenvalue weighted by Gasteiger charge is -2.33. The van der Waals surface area contributed by atoms with E-state index < -0.39 is 6.10 Å². The molecule has 0 radical (unpaired) electrons. The van der Waals surface area contributed by atoms with E-state index in [4.69, 9.17) is 0 Å². The molecule has 1 amide bonds. The molecule has 1 N–H and O–H groups in total. The molecule has 0 bridgehead atoms. The number of halogens is 1. The zero-order valence-corrected chi connectivity index (χ0v) is 12.2. The van der Waals surface area contributed by atoms with Gasteiger partial charge in [0.2, 0.25) is 0 Å². The Kier molecular flexibility index (Phi) is 3.89. The van der Waals surface area contributed by atoms with E-state index in [-0.39, 0.29) is 23.3 Å². The van der Waals surface area contributed by atoms with E-state index in [0.29, 0.717) is 18.8 Å². The third-order valence-electron chi connectivity index (χ3n) is 4.01. The lowest BCUT2D eigenvalue weighted by molar-refractivity contribution is 0.0245. The van der Waals surface area contributed by atoms with Crippen LogP contribution in [0.4, 0.5) is 4.39 Å². The first-order valence-corrected chi connectivity index (χ1v) is 7.20. The summed E-state index contributed by atoms with van der Waals surface area (Å²) in [6.07, 6.45) is 1.77. The Morgan fingerprint density at radius 1 is 1.36 bits per heavy atom. The summed E-state index contributed by atoms with van der Waals surface area (Å²) in [6, 6.07) is 5.76. The fourth-order valence-corrected chi connectivity index (χ4v) is 2.48. The number of piperidine rings is 1. The Morgan fingerprint density at radius 2 is 2.09 bits per heavy atom. The van der Waals surface area contributed by atoms with Crippen molar-refractivity contribution in [1.82, 2.24) is 19.9 Å². The van der Waals surface area contributed by atoms with Crippen LogP contribution in [0, 0.1) is 11.7 Å². The van der Waals surface area contributed by atoms with Gasteiger partial charge in [-0.1, -0.05) is 12.1 Å². The summed E-state index contributed by atoms with van der Waals surface area (Å²) in [5.41, 5.74) is 0.839. The first-order valence-electron chi connectivity index (χ1n) is 7.20. The second kappa shape index (κ2) is 5.84. The zero-order chi connectivity index (χ0) is 15.7. The Bertz CT molecular complexity index is 670. The largest absolute Gasteiger partial charge is 0.391 e. The van der Waals surface area contributed by atoms with E-state index in [9.17, 15) is 14.3 Å². The highest BCUT2D eigenvalue weighted by Crippen LogP contribution is 2.18. The van der Waals surface area contributed by atoms with Crippen LogP contribution in [0.25, 0.3) is 5.69 Å². The van der Waals surface area contributed by atoms with Gasteiger partial charge in [0.15, 0.2) is 5.69 Å². The minimum Gasteiger partial charge on any atom is -0.391 e. The number of rotatable bonds is 2. The van der Waals surface area contributed by atoms with Crippen molar-refractivity contribution in [2.75, 3.05) is 13.1 Å². The number of hydrogen-bond acceptors (Lipinski definition) is 4. The van der Waals surface area contributed by atoms with E-state index in [1.54, 1.807) is 17.0 Å². The van der Waals surface area contributed by atoms with Crippen LogP contribution in [0.2, 0.25) is 0 Å². The molecule has 2 atom stereocenters. The van der Waals surface area contributed by atoms with Gasteiger partial charge in [-0.05, 0) is 36.6 Å². The molecular formula is C15H17FN4O2. The number of carbonyl (C=O) groups is 1. The van der Waals surface area contributed by atoms with Crippen LogP contribution in [0.5, 0.6) is 0 Å². The summed E-state index contributed by atoms with van der Waals surface area (Å²) in [4.78, 5) is 14.0. The second-order valence-electron chi connectivity index (χ2n) is 5.61. The molecule has 7 heteroatoms. The summed E-state index contributed by atoms with van der Waals surface area (Å²) in [6.45, 7) is 2.88. The van der Waals surface area contributed by atoms with Crippen LogP contribution in [-0.2, 0) is 0 Å². The summed E-state index contributed by atoms with van der Waals surface area (Å²) in [5, 5.41) is 17.7. The number of carbonyl (C=O) groups excluding carboxylic acids is 1. The smallest absolute Gasteiger partial charge is 0.276 e. The lowest BCUT2D eigenvalue weighted by atomic mass is 9.96. The van der Waals surface area contributed by atoms with E-state index in [2.05, 4.69) is 10.3 Å². The molecule has 1 aliphatic heterocycles. The standard InChI is InChI=1S/C15H17FN4O2/c1-10-6-7-19(9-14(10)21)15(22)13-8-20(18-17-13)12-4-2-11(16)3-5-12/h2-5,8,10,14,21H,6-7,9H2,1H3. The van der Waals surface area contributed by atoms with Crippen molar-refractivity contribution in [3.63, 3.8) is 0 Å². The van der Waals surface area contributed by atoms with Gasteiger partial charge in [0.25, 0.3) is 5.91 Å². The summed E-state index contributed by atoms with van der Waals surface area (Å²) in [7, 11) is 0. The van der Waals surface area contributed by atoms with E-state index in [1.165, 1.54) is 23.0 Å². The van der Waals surface area contributed by atoms with E-state index >= 15 is 0 Å². The molecule has 3 rings (SSSR count). The maximum absolute atomic E-state index is 12.9. The number of hydrogen-bond donors (Lipinski definition) is 1. The monoisotopic (exact) mass is 304 g/mol.